The van der Waals surface area contributed by atoms with Crippen molar-refractivity contribution in [3.8, 4) is 0 Å². The molecule has 1 aromatic heterocycles. The van der Waals surface area contributed by atoms with E-state index in [1.54, 1.807) is 24.3 Å². The predicted octanol–water partition coefficient (Wildman–Crippen LogP) is 4.83. The van der Waals surface area contributed by atoms with E-state index in [4.69, 9.17) is 11.6 Å². The monoisotopic (exact) mass is 433 g/mol. The lowest BCUT2D eigenvalue weighted by atomic mass is 10.00. The number of rotatable bonds is 5. The summed E-state index contributed by atoms with van der Waals surface area (Å²) in [5.41, 5.74) is -0.358. The average molecular weight is 434 g/mol. The van der Waals surface area contributed by atoms with Crippen LogP contribution in [0.4, 0.5) is 19.0 Å². The molecule has 1 aromatic carbocycles. The van der Waals surface area contributed by atoms with Crippen LogP contribution in [-0.4, -0.2) is 34.9 Å². The highest BCUT2D eigenvalue weighted by molar-refractivity contribution is 7.92. The Labute approximate surface area is 166 Å². The third-order valence-electron chi connectivity index (χ3n) is 4.64. The molecule has 0 fully saturated rings. The zero-order valence-corrected chi connectivity index (χ0v) is 16.8. The van der Waals surface area contributed by atoms with Crippen LogP contribution < -0.4 is 0 Å². The zero-order chi connectivity index (χ0) is 20.7. The van der Waals surface area contributed by atoms with Crippen LogP contribution in [0.3, 0.4) is 0 Å². The predicted molar refractivity (Wildman–Crippen MR) is 102 cm³/mol. The van der Waals surface area contributed by atoms with Gasteiger partial charge in [-0.25, -0.2) is 18.1 Å². The number of fused-ring (bicyclic) bond motifs is 1. The van der Waals surface area contributed by atoms with Gasteiger partial charge in [-0.1, -0.05) is 37.1 Å². The minimum atomic E-state index is -4.66. The van der Waals surface area contributed by atoms with Crippen molar-refractivity contribution < 1.29 is 21.6 Å². The number of benzene rings is 1. The Morgan fingerprint density at radius 2 is 1.86 bits per heavy atom. The maximum atomic E-state index is 13.2. The van der Waals surface area contributed by atoms with E-state index in [1.165, 1.54) is 6.92 Å². The Hall–Kier alpha value is -1.87. The van der Waals surface area contributed by atoms with Crippen molar-refractivity contribution in [1.29, 1.82) is 0 Å². The smallest absolute Gasteiger partial charge is 0.238 e. The summed E-state index contributed by atoms with van der Waals surface area (Å²) in [5, 5.41) is 3.00. The van der Waals surface area contributed by atoms with E-state index < -0.39 is 33.0 Å². The van der Waals surface area contributed by atoms with Crippen molar-refractivity contribution in [2.75, 3.05) is 5.75 Å². The molecule has 1 aliphatic heterocycles. The summed E-state index contributed by atoms with van der Waals surface area (Å²) in [4.78, 5) is 4.14. The third kappa shape index (κ3) is 3.96. The molecule has 1 aliphatic rings. The number of alkyl halides is 3. The Balaban J connectivity index is 2.19. The molecule has 2 aromatic rings. The van der Waals surface area contributed by atoms with Gasteiger partial charge < -0.3 is 0 Å². The van der Waals surface area contributed by atoms with Crippen molar-refractivity contribution in [3.05, 3.63) is 46.6 Å². The lowest BCUT2D eigenvalue weighted by Crippen LogP contribution is -2.42. The van der Waals surface area contributed by atoms with E-state index in [-0.39, 0.29) is 17.3 Å². The molecule has 10 heteroatoms. The van der Waals surface area contributed by atoms with Crippen LogP contribution in [0.25, 0.3) is 0 Å². The SMILES string of the molecule is CCCCS(=O)(=O)C1C(C)=Nc2cc(C(F)(F)F)nn2C1c1ccc(Cl)cc1. The van der Waals surface area contributed by atoms with E-state index in [1.807, 2.05) is 6.92 Å². The molecule has 5 nitrogen and oxygen atoms in total. The molecular weight excluding hydrogens is 415 g/mol. The standard InChI is InChI=1S/C18H19ClF3N3O2S/c1-3-4-9-28(26,27)17-11(2)23-15-10-14(18(20,21)22)24-25(15)16(17)12-5-7-13(19)8-6-12/h5-8,10,16-17H,3-4,9H2,1-2H3. The van der Waals surface area contributed by atoms with Crippen LogP contribution >= 0.6 is 11.6 Å². The van der Waals surface area contributed by atoms with Crippen molar-refractivity contribution in [2.24, 2.45) is 4.99 Å². The fourth-order valence-electron chi connectivity index (χ4n) is 3.32. The number of hydrogen-bond donors (Lipinski definition) is 0. The van der Waals surface area contributed by atoms with Crippen LogP contribution in [0.5, 0.6) is 0 Å². The molecule has 0 saturated carbocycles. The van der Waals surface area contributed by atoms with Gasteiger partial charge in [0.25, 0.3) is 0 Å². The number of nitrogens with zero attached hydrogens (tertiary/aromatic N) is 3. The second-order valence-electron chi connectivity index (χ2n) is 6.72. The third-order valence-corrected chi connectivity index (χ3v) is 7.12. The van der Waals surface area contributed by atoms with Crippen LogP contribution in [0.1, 0.15) is 44.0 Å². The zero-order valence-electron chi connectivity index (χ0n) is 15.2. The van der Waals surface area contributed by atoms with Crippen LogP contribution in [0.15, 0.2) is 35.3 Å². The highest BCUT2D eigenvalue weighted by Gasteiger charge is 2.44. The summed E-state index contributed by atoms with van der Waals surface area (Å²) in [6, 6.07) is 6.23. The van der Waals surface area contributed by atoms with Crippen molar-refractivity contribution in [1.82, 2.24) is 9.78 Å². The molecule has 0 spiro atoms. The highest BCUT2D eigenvalue weighted by Crippen LogP contribution is 2.40. The van der Waals surface area contributed by atoms with Gasteiger partial charge in [-0.05, 0) is 31.0 Å². The molecule has 28 heavy (non-hydrogen) atoms. The van der Waals surface area contributed by atoms with Gasteiger partial charge >= 0.3 is 6.18 Å². The van der Waals surface area contributed by atoms with Crippen molar-refractivity contribution in [2.45, 2.75) is 44.2 Å². The molecule has 2 unspecified atom stereocenters. The number of aromatic nitrogens is 2. The van der Waals surface area contributed by atoms with E-state index >= 15 is 0 Å². The number of hydrogen-bond acceptors (Lipinski definition) is 4. The fourth-order valence-corrected chi connectivity index (χ4v) is 5.63. The number of sulfone groups is 1. The van der Waals surface area contributed by atoms with Gasteiger partial charge in [0.2, 0.25) is 0 Å². The molecule has 0 saturated heterocycles. The Bertz CT molecular complexity index is 998. The van der Waals surface area contributed by atoms with Gasteiger partial charge in [-0.2, -0.15) is 18.3 Å². The molecule has 0 radical (unpaired) electrons. The molecule has 2 atom stereocenters. The molecule has 152 valence electrons. The highest BCUT2D eigenvalue weighted by atomic mass is 35.5. The van der Waals surface area contributed by atoms with Crippen LogP contribution in [-0.2, 0) is 16.0 Å². The van der Waals surface area contributed by atoms with Gasteiger partial charge in [0.05, 0.1) is 5.75 Å². The van der Waals surface area contributed by atoms with Gasteiger partial charge in [0.1, 0.15) is 11.3 Å². The number of halogens is 4. The average Bonchev–Trinajstić information content (AvgIpc) is 3.03. The minimum Gasteiger partial charge on any atom is -0.238 e. The Morgan fingerprint density at radius 3 is 2.43 bits per heavy atom. The van der Waals surface area contributed by atoms with Gasteiger partial charge in [-0.3, -0.25) is 0 Å². The first kappa shape index (κ1) is 20.9. The topological polar surface area (TPSA) is 64.3 Å². The van der Waals surface area contributed by atoms with Gasteiger partial charge in [-0.15, -0.1) is 0 Å². The fraction of sp³-hybridized carbons (Fsp3) is 0.444. The number of unbranched alkanes of at least 4 members (excludes halogenated alkanes) is 1. The summed E-state index contributed by atoms with van der Waals surface area (Å²) in [6.07, 6.45) is -3.52. The molecule has 0 bridgehead atoms. The first-order valence-corrected chi connectivity index (χ1v) is 10.8. The summed E-state index contributed by atoms with van der Waals surface area (Å²) >= 11 is 5.93. The maximum absolute atomic E-state index is 13.2. The number of aliphatic imine (C=N–C) groups is 1. The first-order chi connectivity index (χ1) is 13.0. The lowest BCUT2D eigenvalue weighted by Gasteiger charge is -2.31. The van der Waals surface area contributed by atoms with E-state index in [0.29, 0.717) is 23.4 Å². The molecule has 0 aliphatic carbocycles. The largest absolute Gasteiger partial charge is 0.435 e. The summed E-state index contributed by atoms with van der Waals surface area (Å²) < 4.78 is 66.7. The maximum Gasteiger partial charge on any atom is 0.435 e. The minimum absolute atomic E-state index is 0.0216. The molecule has 0 N–H and O–H groups in total. The Kier molecular flexibility index (Phi) is 5.60. The Morgan fingerprint density at radius 1 is 1.21 bits per heavy atom. The van der Waals surface area contributed by atoms with E-state index in [2.05, 4.69) is 10.1 Å². The first-order valence-electron chi connectivity index (χ1n) is 8.73. The van der Waals surface area contributed by atoms with E-state index in [9.17, 15) is 21.6 Å². The lowest BCUT2D eigenvalue weighted by molar-refractivity contribution is -0.141. The summed E-state index contributed by atoms with van der Waals surface area (Å²) in [7, 11) is -3.68. The molecular formula is C18H19ClF3N3O2S. The van der Waals surface area contributed by atoms with E-state index in [0.717, 1.165) is 10.7 Å². The molecule has 2 heterocycles. The molecule has 3 rings (SSSR count). The van der Waals surface area contributed by atoms with Crippen LogP contribution in [0, 0.1) is 0 Å². The molecule has 0 amide bonds. The summed E-state index contributed by atoms with van der Waals surface area (Å²) in [5.74, 6) is -0.0971. The van der Waals surface area contributed by atoms with Gasteiger partial charge in [0, 0.05) is 16.8 Å². The normalized spacial score (nSPS) is 20.0. The van der Waals surface area contributed by atoms with Crippen LogP contribution in [0.2, 0.25) is 5.02 Å². The van der Waals surface area contributed by atoms with Gasteiger partial charge in [0.15, 0.2) is 21.3 Å². The van der Waals surface area contributed by atoms with Crippen molar-refractivity contribution in [3.63, 3.8) is 0 Å². The quantitative estimate of drug-likeness (QED) is 0.678. The second kappa shape index (κ2) is 7.51. The summed E-state index contributed by atoms with van der Waals surface area (Å²) in [6.45, 7) is 3.40. The second-order valence-corrected chi connectivity index (χ2v) is 9.40. The van der Waals surface area contributed by atoms with Crippen molar-refractivity contribution >= 4 is 33.0 Å².